The Balaban J connectivity index is 1.34. The molecule has 1 aliphatic rings. The van der Waals surface area contributed by atoms with Gasteiger partial charge in [0, 0.05) is 18.0 Å². The second-order valence-electron chi connectivity index (χ2n) is 6.59. The Hall–Kier alpha value is -1.91. The molecule has 5 heteroatoms. The van der Waals surface area contributed by atoms with Crippen molar-refractivity contribution in [3.8, 4) is 17.5 Å². The average Bonchev–Trinajstić information content (AvgIpc) is 3.06. The van der Waals surface area contributed by atoms with Gasteiger partial charge in [-0.1, -0.05) is 44.2 Å². The van der Waals surface area contributed by atoms with Gasteiger partial charge in [-0.05, 0) is 36.8 Å². The molecule has 0 spiro atoms. The molecule has 2 aromatic heterocycles. The Kier molecular flexibility index (Phi) is 5.61. The largest absolute Gasteiger partial charge is 0.449 e. The molecule has 124 valence electrons. The van der Waals surface area contributed by atoms with Crippen LogP contribution >= 0.6 is 0 Å². The summed E-state index contributed by atoms with van der Waals surface area (Å²) in [7, 11) is 0. The van der Waals surface area contributed by atoms with Crippen LogP contribution in [0.4, 0.5) is 0 Å². The van der Waals surface area contributed by atoms with Crippen LogP contribution in [0, 0.1) is 11.8 Å². The van der Waals surface area contributed by atoms with Gasteiger partial charge in [-0.25, -0.2) is 0 Å². The van der Waals surface area contributed by atoms with Crippen molar-refractivity contribution in [1.82, 2.24) is 15.1 Å². The summed E-state index contributed by atoms with van der Waals surface area (Å²) >= 11 is 0. The molecule has 0 amide bonds. The summed E-state index contributed by atoms with van der Waals surface area (Å²) in [5.74, 6) is 2.40. The first-order valence-electron chi connectivity index (χ1n) is 8.68. The fourth-order valence-electron chi connectivity index (χ4n) is 3.20. The van der Waals surface area contributed by atoms with Crippen molar-refractivity contribution in [2.24, 2.45) is 11.8 Å². The van der Waals surface area contributed by atoms with E-state index >= 15 is 0 Å². The van der Waals surface area contributed by atoms with Gasteiger partial charge in [0.15, 0.2) is 0 Å². The lowest BCUT2D eigenvalue weighted by atomic mass is 9.81. The number of hydrogen-bond acceptors (Lipinski definition) is 5. The van der Waals surface area contributed by atoms with E-state index in [4.69, 9.17) is 9.26 Å². The molecule has 3 rings (SSSR count). The maximum atomic E-state index is 5.56. The highest BCUT2D eigenvalue weighted by atomic mass is 16.6. The SMILES string of the molecule is CC1CCC(CCCCOc2nc(-c3ccncc3)no2)CC1. The maximum absolute atomic E-state index is 5.56. The summed E-state index contributed by atoms with van der Waals surface area (Å²) in [6.07, 6.45) is 12.9. The van der Waals surface area contributed by atoms with Gasteiger partial charge in [-0.2, -0.15) is 4.98 Å². The van der Waals surface area contributed by atoms with Crippen molar-refractivity contribution in [1.29, 1.82) is 0 Å². The highest BCUT2D eigenvalue weighted by Crippen LogP contribution is 2.31. The van der Waals surface area contributed by atoms with Gasteiger partial charge < -0.3 is 4.74 Å². The van der Waals surface area contributed by atoms with Crippen molar-refractivity contribution in [2.45, 2.75) is 51.9 Å². The maximum Gasteiger partial charge on any atom is 0.417 e. The van der Waals surface area contributed by atoms with Crippen molar-refractivity contribution in [2.75, 3.05) is 6.61 Å². The molecule has 0 aromatic carbocycles. The van der Waals surface area contributed by atoms with Crippen LogP contribution in [0.2, 0.25) is 0 Å². The summed E-state index contributed by atoms with van der Waals surface area (Å²) in [5, 5.41) is 3.93. The molecule has 0 N–H and O–H groups in total. The van der Waals surface area contributed by atoms with Gasteiger partial charge in [0.2, 0.25) is 5.82 Å². The first-order valence-corrected chi connectivity index (χ1v) is 8.68. The zero-order chi connectivity index (χ0) is 15.9. The standard InChI is InChI=1S/C18H25N3O2/c1-14-5-7-15(8-6-14)4-2-3-13-22-18-20-17(21-23-18)16-9-11-19-12-10-16/h9-12,14-15H,2-8,13H2,1H3. The van der Waals surface area contributed by atoms with Gasteiger partial charge in [-0.15, -0.1) is 0 Å². The Morgan fingerprint density at radius 2 is 1.91 bits per heavy atom. The quantitative estimate of drug-likeness (QED) is 0.704. The first kappa shape index (κ1) is 16.0. The summed E-state index contributed by atoms with van der Waals surface area (Å²) in [6.45, 7) is 3.01. The number of nitrogens with zero attached hydrogens (tertiary/aromatic N) is 3. The highest BCUT2D eigenvalue weighted by Gasteiger charge is 2.17. The molecule has 2 aromatic rings. The smallest absolute Gasteiger partial charge is 0.417 e. The van der Waals surface area contributed by atoms with E-state index in [2.05, 4.69) is 22.0 Å². The molecule has 0 bridgehead atoms. The van der Waals surface area contributed by atoms with Crippen LogP contribution in [0.5, 0.6) is 6.08 Å². The fraction of sp³-hybridized carbons (Fsp3) is 0.611. The second-order valence-corrected chi connectivity index (χ2v) is 6.59. The minimum absolute atomic E-state index is 0.253. The Bertz CT molecular complexity index is 577. The number of rotatable bonds is 7. The molecule has 0 saturated heterocycles. The number of unbranched alkanes of at least 4 members (excludes halogenated alkanes) is 1. The molecular weight excluding hydrogens is 290 g/mol. The van der Waals surface area contributed by atoms with Gasteiger partial charge in [0.25, 0.3) is 0 Å². The van der Waals surface area contributed by atoms with Gasteiger partial charge in [-0.3, -0.25) is 9.51 Å². The van der Waals surface area contributed by atoms with Gasteiger partial charge in [0.1, 0.15) is 0 Å². The van der Waals surface area contributed by atoms with Crippen LogP contribution in [0.3, 0.4) is 0 Å². The van der Waals surface area contributed by atoms with E-state index in [0.29, 0.717) is 12.4 Å². The zero-order valence-electron chi connectivity index (χ0n) is 13.8. The first-order chi connectivity index (χ1) is 11.3. The van der Waals surface area contributed by atoms with E-state index in [9.17, 15) is 0 Å². The van der Waals surface area contributed by atoms with E-state index in [1.54, 1.807) is 12.4 Å². The Morgan fingerprint density at radius 3 is 2.70 bits per heavy atom. The number of pyridine rings is 1. The van der Waals surface area contributed by atoms with Gasteiger partial charge in [0.05, 0.1) is 6.61 Å². The number of hydrogen-bond donors (Lipinski definition) is 0. The topological polar surface area (TPSA) is 61.0 Å². The number of aromatic nitrogens is 3. The molecular formula is C18H25N3O2. The minimum atomic E-state index is 0.253. The highest BCUT2D eigenvalue weighted by molar-refractivity contribution is 5.52. The van der Waals surface area contributed by atoms with E-state index in [1.165, 1.54) is 38.5 Å². The van der Waals surface area contributed by atoms with E-state index in [0.717, 1.165) is 23.8 Å². The van der Waals surface area contributed by atoms with E-state index < -0.39 is 0 Å². The van der Waals surface area contributed by atoms with Crippen LogP contribution < -0.4 is 4.74 Å². The molecule has 0 atom stereocenters. The second kappa shape index (κ2) is 8.09. The lowest BCUT2D eigenvalue weighted by molar-refractivity contribution is 0.195. The molecule has 1 fully saturated rings. The van der Waals surface area contributed by atoms with Crippen molar-refractivity contribution < 1.29 is 9.26 Å². The van der Waals surface area contributed by atoms with Crippen molar-refractivity contribution in [3.63, 3.8) is 0 Å². The number of ether oxygens (including phenoxy) is 1. The van der Waals surface area contributed by atoms with Crippen LogP contribution in [0.25, 0.3) is 11.4 Å². The summed E-state index contributed by atoms with van der Waals surface area (Å²) in [4.78, 5) is 8.22. The van der Waals surface area contributed by atoms with E-state index in [1.807, 2.05) is 12.1 Å². The van der Waals surface area contributed by atoms with Crippen LogP contribution in [0.15, 0.2) is 29.0 Å². The predicted molar refractivity (Wildman–Crippen MR) is 88.0 cm³/mol. The Morgan fingerprint density at radius 1 is 1.13 bits per heavy atom. The van der Waals surface area contributed by atoms with Crippen LogP contribution in [0.1, 0.15) is 51.9 Å². The minimum Gasteiger partial charge on any atom is -0.449 e. The third-order valence-corrected chi connectivity index (χ3v) is 4.71. The summed E-state index contributed by atoms with van der Waals surface area (Å²) in [5.41, 5.74) is 0.880. The van der Waals surface area contributed by atoms with Crippen LogP contribution in [-0.2, 0) is 0 Å². The average molecular weight is 315 g/mol. The van der Waals surface area contributed by atoms with Crippen molar-refractivity contribution in [3.05, 3.63) is 24.5 Å². The fourth-order valence-corrected chi connectivity index (χ4v) is 3.20. The third kappa shape index (κ3) is 4.78. The van der Waals surface area contributed by atoms with Gasteiger partial charge >= 0.3 is 6.08 Å². The molecule has 0 aliphatic heterocycles. The molecule has 23 heavy (non-hydrogen) atoms. The monoisotopic (exact) mass is 315 g/mol. The molecule has 1 saturated carbocycles. The zero-order valence-corrected chi connectivity index (χ0v) is 13.8. The predicted octanol–water partition coefficient (Wildman–Crippen LogP) is 4.51. The van der Waals surface area contributed by atoms with Crippen LogP contribution in [-0.4, -0.2) is 21.7 Å². The molecule has 0 radical (unpaired) electrons. The lowest BCUT2D eigenvalue weighted by Crippen LogP contribution is -2.12. The molecule has 2 heterocycles. The summed E-state index contributed by atoms with van der Waals surface area (Å²) in [6, 6.07) is 3.69. The molecule has 0 unspecified atom stereocenters. The normalized spacial score (nSPS) is 21.3. The molecule has 1 aliphatic carbocycles. The van der Waals surface area contributed by atoms with E-state index in [-0.39, 0.29) is 6.08 Å². The lowest BCUT2D eigenvalue weighted by Gasteiger charge is -2.25. The van der Waals surface area contributed by atoms with Crippen molar-refractivity contribution >= 4 is 0 Å². The third-order valence-electron chi connectivity index (χ3n) is 4.71. The Labute approximate surface area is 137 Å². The summed E-state index contributed by atoms with van der Waals surface area (Å²) < 4.78 is 10.7. The molecule has 5 nitrogen and oxygen atoms in total.